The summed E-state index contributed by atoms with van der Waals surface area (Å²) in [6.45, 7) is 3.85. The van der Waals surface area contributed by atoms with E-state index in [0.717, 1.165) is 22.4 Å². The van der Waals surface area contributed by atoms with Gasteiger partial charge in [0.25, 0.3) is 0 Å². The fourth-order valence-corrected chi connectivity index (χ4v) is 3.67. The van der Waals surface area contributed by atoms with Crippen LogP contribution in [-0.2, 0) is 11.2 Å². The van der Waals surface area contributed by atoms with E-state index in [4.69, 9.17) is 5.73 Å². The highest BCUT2D eigenvalue weighted by molar-refractivity contribution is 6.06. The summed E-state index contributed by atoms with van der Waals surface area (Å²) in [6, 6.07) is 13.1. The van der Waals surface area contributed by atoms with Gasteiger partial charge in [-0.2, -0.15) is 0 Å². The van der Waals surface area contributed by atoms with Gasteiger partial charge in [-0.15, -0.1) is 0 Å². The van der Waals surface area contributed by atoms with E-state index in [0.29, 0.717) is 17.8 Å². The Balaban J connectivity index is 1.73. The van der Waals surface area contributed by atoms with Gasteiger partial charge >= 0.3 is 0 Å². The number of nitrogen functional groups attached to an aromatic ring is 1. The topological polar surface area (TPSA) is 75.4 Å². The first-order valence-electron chi connectivity index (χ1n) is 9.58. The summed E-state index contributed by atoms with van der Waals surface area (Å²) in [5.74, 6) is -0.149. The third-order valence-electron chi connectivity index (χ3n) is 5.19. The molecule has 1 unspecified atom stereocenters. The maximum absolute atomic E-state index is 13.0. The number of nitrogens with one attached hydrogen (secondary N) is 1. The normalized spacial score (nSPS) is 18.8. The van der Waals surface area contributed by atoms with Crippen molar-refractivity contribution in [2.24, 2.45) is 5.41 Å². The maximum atomic E-state index is 13.0. The molecule has 0 aliphatic heterocycles. The lowest BCUT2D eigenvalue weighted by molar-refractivity contribution is -0.111. The molecule has 1 aliphatic rings. The van der Waals surface area contributed by atoms with Crippen molar-refractivity contribution in [3.05, 3.63) is 77.4 Å². The third kappa shape index (κ3) is 4.40. The summed E-state index contributed by atoms with van der Waals surface area (Å²) >= 11 is 0. The van der Waals surface area contributed by atoms with E-state index in [2.05, 4.69) is 11.4 Å². The van der Waals surface area contributed by atoms with Crippen LogP contribution in [0.5, 0.6) is 0 Å². The first-order valence-corrected chi connectivity index (χ1v) is 9.58. The van der Waals surface area contributed by atoms with E-state index < -0.39 is 5.41 Å². The number of allylic oxidation sites excluding steroid dienone is 3. The third-order valence-corrected chi connectivity index (χ3v) is 5.19. The molecule has 0 radical (unpaired) electrons. The van der Waals surface area contributed by atoms with E-state index in [-0.39, 0.29) is 11.7 Å². The van der Waals surface area contributed by atoms with Crippen LogP contribution in [0.3, 0.4) is 0 Å². The van der Waals surface area contributed by atoms with Gasteiger partial charge < -0.3 is 16.0 Å². The molecule has 0 spiro atoms. The molecule has 2 aromatic carbocycles. The Hall–Kier alpha value is -3.34. The van der Waals surface area contributed by atoms with Crippen LogP contribution in [0.1, 0.15) is 29.8 Å². The number of anilines is 3. The Morgan fingerprint density at radius 2 is 1.90 bits per heavy atom. The zero-order valence-corrected chi connectivity index (χ0v) is 17.3. The van der Waals surface area contributed by atoms with E-state index in [9.17, 15) is 9.59 Å². The van der Waals surface area contributed by atoms with Gasteiger partial charge in [-0.3, -0.25) is 9.59 Å². The molecule has 0 bridgehead atoms. The molecule has 5 nitrogen and oxygen atoms in total. The zero-order valence-electron chi connectivity index (χ0n) is 17.3. The number of carbonyl (C=O) groups excluding carboxylic acids is 2. The monoisotopic (exact) mass is 389 g/mol. The first kappa shape index (κ1) is 20.4. The van der Waals surface area contributed by atoms with Crippen molar-refractivity contribution in [1.82, 2.24) is 0 Å². The number of hydrogen-bond acceptors (Lipinski definition) is 4. The highest BCUT2D eigenvalue weighted by Gasteiger charge is 2.39. The van der Waals surface area contributed by atoms with Crippen molar-refractivity contribution in [2.75, 3.05) is 30.0 Å². The Bertz CT molecular complexity index is 1020. The highest BCUT2D eigenvalue weighted by Crippen LogP contribution is 2.40. The average Bonchev–Trinajstić information content (AvgIpc) is 2.91. The standard InChI is InChI=1S/C24H27N3O2/c1-16(9-12-22(28)26-21-8-6-5-7-20(21)25)14-24(2)15-17-13-18(27(3)4)10-11-19(17)23(24)29/h5-14H,15,25H2,1-4H3,(H,26,28)/b12-9+,16-14+. The van der Waals surface area contributed by atoms with Crippen LogP contribution >= 0.6 is 0 Å². The number of ketones is 1. The molecule has 0 saturated heterocycles. The molecule has 3 rings (SSSR count). The molecule has 150 valence electrons. The van der Waals surface area contributed by atoms with Crippen LogP contribution in [0.15, 0.2) is 66.3 Å². The molecule has 2 aromatic rings. The molecule has 3 N–H and O–H groups in total. The Labute approximate surface area is 171 Å². The molecule has 0 saturated carbocycles. The van der Waals surface area contributed by atoms with E-state index in [1.54, 1.807) is 18.2 Å². The number of nitrogens with zero attached hydrogens (tertiary/aromatic N) is 1. The fourth-order valence-electron chi connectivity index (χ4n) is 3.67. The van der Waals surface area contributed by atoms with Crippen LogP contribution in [0.2, 0.25) is 0 Å². The summed E-state index contributed by atoms with van der Waals surface area (Å²) < 4.78 is 0. The van der Waals surface area contributed by atoms with Gasteiger partial charge in [-0.05, 0) is 56.2 Å². The second kappa shape index (κ2) is 7.95. The molecule has 0 fully saturated rings. The number of benzene rings is 2. The summed E-state index contributed by atoms with van der Waals surface area (Å²) in [4.78, 5) is 27.2. The van der Waals surface area contributed by atoms with Gasteiger partial charge in [0.05, 0.1) is 16.8 Å². The van der Waals surface area contributed by atoms with Crippen LogP contribution < -0.4 is 16.0 Å². The number of fused-ring (bicyclic) bond motifs is 1. The molecule has 0 heterocycles. The van der Waals surface area contributed by atoms with Crippen molar-refractivity contribution >= 4 is 28.8 Å². The Morgan fingerprint density at radius 3 is 2.59 bits per heavy atom. The number of Topliss-reactive ketones (excluding diaryl/α,β-unsaturated/α-hetero) is 1. The number of hydrogen-bond donors (Lipinski definition) is 2. The minimum Gasteiger partial charge on any atom is -0.397 e. The zero-order chi connectivity index (χ0) is 21.2. The lowest BCUT2D eigenvalue weighted by Crippen LogP contribution is -2.21. The van der Waals surface area contributed by atoms with Crippen LogP contribution in [0.4, 0.5) is 17.1 Å². The number of para-hydroxylation sites is 2. The molecule has 0 aromatic heterocycles. The molecule has 1 atom stereocenters. The van der Waals surface area contributed by atoms with Crippen LogP contribution in [0, 0.1) is 5.41 Å². The van der Waals surface area contributed by atoms with Gasteiger partial charge in [0, 0.05) is 31.4 Å². The lowest BCUT2D eigenvalue weighted by atomic mass is 9.84. The quantitative estimate of drug-likeness (QED) is 0.456. The highest BCUT2D eigenvalue weighted by atomic mass is 16.1. The fraction of sp³-hybridized carbons (Fsp3) is 0.250. The molecular formula is C24H27N3O2. The van der Waals surface area contributed by atoms with E-state index in [1.165, 1.54) is 6.08 Å². The number of amides is 1. The largest absolute Gasteiger partial charge is 0.397 e. The van der Waals surface area contributed by atoms with Crippen molar-refractivity contribution in [1.29, 1.82) is 0 Å². The number of carbonyl (C=O) groups is 2. The second-order valence-corrected chi connectivity index (χ2v) is 7.96. The smallest absolute Gasteiger partial charge is 0.248 e. The van der Waals surface area contributed by atoms with E-state index >= 15 is 0 Å². The Kier molecular flexibility index (Phi) is 5.59. The van der Waals surface area contributed by atoms with Crippen molar-refractivity contribution in [3.8, 4) is 0 Å². The summed E-state index contributed by atoms with van der Waals surface area (Å²) in [5, 5.41) is 2.76. The van der Waals surface area contributed by atoms with E-state index in [1.807, 2.05) is 63.2 Å². The minimum atomic E-state index is -0.609. The van der Waals surface area contributed by atoms with Crippen molar-refractivity contribution < 1.29 is 9.59 Å². The van der Waals surface area contributed by atoms with Crippen molar-refractivity contribution in [3.63, 3.8) is 0 Å². The van der Waals surface area contributed by atoms with Gasteiger partial charge in [0.2, 0.25) is 5.91 Å². The molecule has 29 heavy (non-hydrogen) atoms. The molecule has 1 aliphatic carbocycles. The SMILES string of the molecule is CC(/C=C/C(=O)Nc1ccccc1N)=C\C1(C)Cc2cc(N(C)C)ccc2C1=O. The molecule has 5 heteroatoms. The second-order valence-electron chi connectivity index (χ2n) is 7.96. The maximum Gasteiger partial charge on any atom is 0.248 e. The van der Waals surface area contributed by atoms with Crippen molar-refractivity contribution in [2.45, 2.75) is 20.3 Å². The predicted octanol–water partition coefficient (Wildman–Crippen LogP) is 4.22. The Morgan fingerprint density at radius 1 is 1.17 bits per heavy atom. The predicted molar refractivity (Wildman–Crippen MR) is 119 cm³/mol. The van der Waals surface area contributed by atoms with Gasteiger partial charge in [-0.25, -0.2) is 0 Å². The summed E-state index contributed by atoms with van der Waals surface area (Å²) in [5.41, 5.74) is 10.1. The number of nitrogens with two attached hydrogens (primary N) is 1. The molecular weight excluding hydrogens is 362 g/mol. The van der Waals surface area contributed by atoms with Gasteiger partial charge in [-0.1, -0.05) is 29.9 Å². The lowest BCUT2D eigenvalue weighted by Gasteiger charge is -2.17. The summed E-state index contributed by atoms with van der Waals surface area (Å²) in [7, 11) is 3.97. The van der Waals surface area contributed by atoms with Gasteiger partial charge in [0.15, 0.2) is 5.78 Å². The van der Waals surface area contributed by atoms with Crippen LogP contribution in [-0.4, -0.2) is 25.8 Å². The average molecular weight is 389 g/mol. The molecule has 1 amide bonds. The van der Waals surface area contributed by atoms with Gasteiger partial charge in [0.1, 0.15) is 0 Å². The summed E-state index contributed by atoms with van der Waals surface area (Å²) in [6.07, 6.45) is 5.78. The van der Waals surface area contributed by atoms with Crippen LogP contribution in [0.25, 0.3) is 0 Å². The first-order chi connectivity index (χ1) is 13.7. The minimum absolute atomic E-state index is 0.118. The number of rotatable bonds is 5.